The fourth-order valence-electron chi connectivity index (χ4n) is 5.10. The lowest BCUT2D eigenvalue weighted by molar-refractivity contribution is -0.161. The molecule has 0 amide bonds. The molecule has 0 aliphatic rings. The number of esters is 2. The van der Waals surface area contributed by atoms with E-state index in [-0.39, 0.29) is 25.7 Å². The maximum Gasteiger partial charge on any atom is 0.472 e. The molecule has 2 unspecified atom stereocenters. The van der Waals surface area contributed by atoms with E-state index in [1.807, 2.05) is 6.08 Å². The van der Waals surface area contributed by atoms with Crippen molar-refractivity contribution in [3.05, 3.63) is 48.6 Å². The lowest BCUT2D eigenvalue weighted by Crippen LogP contribution is -2.30. The Bertz CT molecular complexity index is 1090. The van der Waals surface area contributed by atoms with Gasteiger partial charge in [-0.05, 0) is 44.4 Å². The van der Waals surface area contributed by atoms with Gasteiger partial charge in [-0.15, -0.1) is 0 Å². The minimum atomic E-state index is -4.68. The Labute approximate surface area is 325 Å². The van der Waals surface area contributed by atoms with Gasteiger partial charge in [-0.3, -0.25) is 18.6 Å². The first-order valence-corrected chi connectivity index (χ1v) is 21.7. The van der Waals surface area contributed by atoms with Crippen LogP contribution in [0.2, 0.25) is 0 Å². The first-order chi connectivity index (χ1) is 25.9. The number of phosphoric ester groups is 1. The van der Waals surface area contributed by atoms with Gasteiger partial charge in [-0.25, -0.2) is 4.57 Å². The quantitative estimate of drug-likeness (QED) is 0.0136. The van der Waals surface area contributed by atoms with E-state index in [1.54, 1.807) is 36.5 Å². The highest BCUT2D eigenvalue weighted by molar-refractivity contribution is 7.47. The summed E-state index contributed by atoms with van der Waals surface area (Å²) in [6, 6.07) is 0. The molecule has 5 N–H and O–H groups in total. The average Bonchev–Trinajstić information content (AvgIpc) is 3.15. The molecule has 0 aromatic carbocycles. The zero-order valence-corrected chi connectivity index (χ0v) is 34.2. The van der Waals surface area contributed by atoms with Crippen LogP contribution in [-0.2, 0) is 32.7 Å². The Morgan fingerprint density at radius 3 is 1.94 bits per heavy atom. The number of ether oxygens (including phenoxy) is 2. The van der Waals surface area contributed by atoms with Gasteiger partial charge in [0.1, 0.15) is 12.7 Å². The Hall–Kier alpha value is -2.15. The number of allylic oxidation sites excluding steroid dienone is 5. The minimum Gasteiger partial charge on any atom is -0.462 e. The van der Waals surface area contributed by atoms with Gasteiger partial charge in [0.2, 0.25) is 0 Å². The average molecular weight is 789 g/mol. The smallest absolute Gasteiger partial charge is 0.462 e. The number of carbonyl (C=O) groups excluding carboxylic acids is 2. The lowest BCUT2D eigenvalue weighted by atomic mass is 9.99. The fourth-order valence-corrected chi connectivity index (χ4v) is 5.89. The number of rotatable bonds is 36. The summed E-state index contributed by atoms with van der Waals surface area (Å²) >= 11 is 0. The van der Waals surface area contributed by atoms with Crippen molar-refractivity contribution in [2.75, 3.05) is 26.4 Å². The zero-order chi connectivity index (χ0) is 40.3. The summed E-state index contributed by atoms with van der Waals surface area (Å²) in [5.74, 6) is -0.376. The summed E-state index contributed by atoms with van der Waals surface area (Å²) in [6.45, 7) is 4.31. The van der Waals surface area contributed by atoms with E-state index in [1.165, 1.54) is 51.4 Å². The SMILES string of the molecule is CCCCC/C=C\C[C@H](O)/C=C/C=C/C=C\[C@H](O)CCCC(=O)O[C@H](COC(=O)CCCCCCCCCCC(C)CC)COP(=O)(O)OC[C@@H](O)CO. The Morgan fingerprint density at radius 1 is 0.685 bits per heavy atom. The molecule has 0 rings (SSSR count). The first-order valence-electron chi connectivity index (χ1n) is 20.2. The maximum atomic E-state index is 12.6. The molecule has 13 heteroatoms. The lowest BCUT2D eigenvalue weighted by Gasteiger charge is -2.20. The number of carbonyl (C=O) groups is 2. The van der Waals surface area contributed by atoms with E-state index in [2.05, 4.69) is 31.4 Å². The molecule has 0 aliphatic carbocycles. The van der Waals surface area contributed by atoms with Crippen LogP contribution in [0.4, 0.5) is 0 Å². The van der Waals surface area contributed by atoms with Crippen LogP contribution >= 0.6 is 7.82 Å². The van der Waals surface area contributed by atoms with Gasteiger partial charge < -0.3 is 34.8 Å². The van der Waals surface area contributed by atoms with Gasteiger partial charge in [-0.2, -0.15) is 0 Å². The van der Waals surface area contributed by atoms with Crippen LogP contribution in [0.1, 0.15) is 143 Å². The van der Waals surface area contributed by atoms with Crippen LogP contribution in [0.25, 0.3) is 0 Å². The Balaban J connectivity index is 4.65. The molecule has 0 fully saturated rings. The zero-order valence-electron chi connectivity index (χ0n) is 33.3. The number of phosphoric acid groups is 1. The highest BCUT2D eigenvalue weighted by Gasteiger charge is 2.27. The van der Waals surface area contributed by atoms with Crippen molar-refractivity contribution >= 4 is 19.8 Å². The molecular formula is C41H73O12P. The third-order valence-electron chi connectivity index (χ3n) is 8.72. The van der Waals surface area contributed by atoms with Crippen molar-refractivity contribution in [2.24, 2.45) is 5.92 Å². The van der Waals surface area contributed by atoms with E-state index >= 15 is 0 Å². The summed E-state index contributed by atoms with van der Waals surface area (Å²) in [7, 11) is -4.68. The standard InChI is InChI=1S/C41H73O12P/c1-4-6-7-8-14-19-25-36(43)26-20-16-17-21-27-37(44)28-23-30-41(47)53-39(34-52-54(48,49)51-32-38(45)31-42)33-50-40(46)29-22-15-12-10-9-11-13-18-24-35(3)5-2/h14,16-17,19-21,26-27,35-39,42-45H,4-13,15,18,22-25,28-34H2,1-3H3,(H,48,49)/b17-16+,19-14-,26-20+,27-21-/t35?,36-,37-,38-,39+/m0/s1. The molecule has 0 heterocycles. The topological polar surface area (TPSA) is 189 Å². The van der Waals surface area contributed by atoms with Gasteiger partial charge in [0.15, 0.2) is 6.10 Å². The third kappa shape index (κ3) is 34.3. The highest BCUT2D eigenvalue weighted by Crippen LogP contribution is 2.43. The van der Waals surface area contributed by atoms with E-state index in [0.717, 1.165) is 38.0 Å². The van der Waals surface area contributed by atoms with Crippen LogP contribution in [0.15, 0.2) is 48.6 Å². The number of aliphatic hydroxyl groups is 4. The van der Waals surface area contributed by atoms with Gasteiger partial charge in [0.05, 0.1) is 32.0 Å². The third-order valence-corrected chi connectivity index (χ3v) is 9.67. The second-order valence-corrected chi connectivity index (χ2v) is 15.4. The molecule has 54 heavy (non-hydrogen) atoms. The minimum absolute atomic E-state index is 0.0767. The molecule has 6 atom stereocenters. The molecular weight excluding hydrogens is 715 g/mol. The second-order valence-electron chi connectivity index (χ2n) is 14.0. The van der Waals surface area contributed by atoms with Crippen molar-refractivity contribution in [2.45, 2.75) is 167 Å². The summed E-state index contributed by atoms with van der Waals surface area (Å²) in [5, 5.41) is 38.6. The molecule has 0 aromatic heterocycles. The van der Waals surface area contributed by atoms with Gasteiger partial charge in [0.25, 0.3) is 0 Å². The Kier molecular flexibility index (Phi) is 33.9. The van der Waals surface area contributed by atoms with E-state index in [4.69, 9.17) is 19.1 Å². The molecule has 0 aromatic rings. The van der Waals surface area contributed by atoms with Crippen molar-refractivity contribution in [3.63, 3.8) is 0 Å². The van der Waals surface area contributed by atoms with Crippen LogP contribution in [0.5, 0.6) is 0 Å². The molecule has 0 saturated heterocycles. The van der Waals surface area contributed by atoms with E-state index in [9.17, 15) is 34.4 Å². The number of hydrogen-bond acceptors (Lipinski definition) is 11. The molecule has 12 nitrogen and oxygen atoms in total. The predicted octanol–water partition coefficient (Wildman–Crippen LogP) is 7.96. The first kappa shape index (κ1) is 51.9. The second kappa shape index (κ2) is 35.3. The summed E-state index contributed by atoms with van der Waals surface area (Å²) in [6.07, 6.45) is 27.2. The van der Waals surface area contributed by atoms with Crippen molar-refractivity contribution in [3.8, 4) is 0 Å². The Morgan fingerprint density at radius 2 is 1.30 bits per heavy atom. The van der Waals surface area contributed by atoms with E-state index < -0.39 is 70.6 Å². The number of aliphatic hydroxyl groups excluding tert-OH is 4. The normalized spacial score (nSPS) is 16.2. The maximum absolute atomic E-state index is 12.6. The molecule has 314 valence electrons. The van der Waals surface area contributed by atoms with Crippen LogP contribution in [-0.4, -0.2) is 88.1 Å². The molecule has 0 spiro atoms. The van der Waals surface area contributed by atoms with Gasteiger partial charge in [0, 0.05) is 12.8 Å². The van der Waals surface area contributed by atoms with Crippen LogP contribution < -0.4 is 0 Å². The van der Waals surface area contributed by atoms with Crippen LogP contribution in [0, 0.1) is 5.92 Å². The summed E-state index contributed by atoms with van der Waals surface area (Å²) < 4.78 is 32.4. The number of hydrogen-bond donors (Lipinski definition) is 5. The van der Waals surface area contributed by atoms with Crippen molar-refractivity contribution < 1.29 is 58.0 Å². The summed E-state index contributed by atoms with van der Waals surface area (Å²) in [4.78, 5) is 34.9. The van der Waals surface area contributed by atoms with Crippen molar-refractivity contribution in [1.29, 1.82) is 0 Å². The fraction of sp³-hybridized carbons (Fsp3) is 0.756. The van der Waals surface area contributed by atoms with Crippen LogP contribution in [0.3, 0.4) is 0 Å². The monoisotopic (exact) mass is 788 g/mol. The van der Waals surface area contributed by atoms with E-state index in [0.29, 0.717) is 12.8 Å². The van der Waals surface area contributed by atoms with Gasteiger partial charge >= 0.3 is 19.8 Å². The molecule has 0 saturated carbocycles. The molecule has 0 bridgehead atoms. The van der Waals surface area contributed by atoms with Crippen molar-refractivity contribution in [1.82, 2.24) is 0 Å². The van der Waals surface area contributed by atoms with Gasteiger partial charge in [-0.1, -0.05) is 140 Å². The predicted molar refractivity (Wildman–Crippen MR) is 212 cm³/mol. The molecule has 0 radical (unpaired) electrons. The molecule has 0 aliphatic heterocycles. The largest absolute Gasteiger partial charge is 0.472 e. The number of unbranched alkanes of at least 4 members (excludes halogenated alkanes) is 10. The summed E-state index contributed by atoms with van der Waals surface area (Å²) in [5.41, 5.74) is 0. The highest BCUT2D eigenvalue weighted by atomic mass is 31.2.